The average molecular weight is 264 g/mol. The molecule has 2 rings (SSSR count). The zero-order valence-electron chi connectivity index (χ0n) is 10.5. The normalized spacial score (nSPS) is 19.5. The highest BCUT2D eigenvalue weighted by atomic mass is 32.2. The first kappa shape index (κ1) is 13.4. The standard InChI is InChI=1S/C14H20N2OS/c15-9-11-5-1-2-6-12(11)10-16-14(17)13-7-3-4-8-18-13/h1-2,5-6,13H,3-4,7-10,15H2,(H,16,17). The number of rotatable bonds is 4. The van der Waals surface area contributed by atoms with Crippen LogP contribution in [0, 0.1) is 0 Å². The molecule has 3 N–H and O–H groups in total. The highest BCUT2D eigenvalue weighted by Gasteiger charge is 2.21. The van der Waals surface area contributed by atoms with Crippen LogP contribution in [0.3, 0.4) is 0 Å². The van der Waals surface area contributed by atoms with Crippen LogP contribution in [0.5, 0.6) is 0 Å². The quantitative estimate of drug-likeness (QED) is 0.875. The van der Waals surface area contributed by atoms with Crippen molar-refractivity contribution in [3.05, 3.63) is 35.4 Å². The second-order valence-corrected chi connectivity index (χ2v) is 5.86. The molecule has 18 heavy (non-hydrogen) atoms. The number of nitrogens with two attached hydrogens (primary N) is 1. The second kappa shape index (κ2) is 6.81. The number of carbonyl (C=O) groups is 1. The van der Waals surface area contributed by atoms with Gasteiger partial charge in [0.2, 0.25) is 5.91 Å². The maximum absolute atomic E-state index is 12.0. The van der Waals surface area contributed by atoms with Crippen molar-refractivity contribution >= 4 is 17.7 Å². The summed E-state index contributed by atoms with van der Waals surface area (Å²) in [7, 11) is 0. The third-order valence-electron chi connectivity index (χ3n) is 3.26. The number of amides is 1. The molecule has 1 aliphatic rings. The molecule has 0 aliphatic carbocycles. The number of hydrogen-bond donors (Lipinski definition) is 2. The van der Waals surface area contributed by atoms with Crippen LogP contribution in [0.4, 0.5) is 0 Å². The van der Waals surface area contributed by atoms with E-state index in [2.05, 4.69) is 5.32 Å². The largest absolute Gasteiger partial charge is 0.351 e. The lowest BCUT2D eigenvalue weighted by Gasteiger charge is -2.20. The number of thioether (sulfide) groups is 1. The first-order valence-corrected chi connectivity index (χ1v) is 7.52. The molecule has 98 valence electrons. The Balaban J connectivity index is 1.88. The van der Waals surface area contributed by atoms with Crippen molar-refractivity contribution in [2.24, 2.45) is 5.73 Å². The van der Waals surface area contributed by atoms with Crippen LogP contribution in [0.15, 0.2) is 24.3 Å². The van der Waals surface area contributed by atoms with Crippen LogP contribution in [0.1, 0.15) is 30.4 Å². The van der Waals surface area contributed by atoms with Gasteiger partial charge in [0, 0.05) is 13.1 Å². The fraction of sp³-hybridized carbons (Fsp3) is 0.500. The fourth-order valence-corrected chi connectivity index (χ4v) is 3.40. The third-order valence-corrected chi connectivity index (χ3v) is 4.64. The van der Waals surface area contributed by atoms with Crippen molar-refractivity contribution in [3.63, 3.8) is 0 Å². The molecule has 1 amide bonds. The topological polar surface area (TPSA) is 55.1 Å². The molecular formula is C14H20N2OS. The van der Waals surface area contributed by atoms with Crippen LogP contribution in [-0.2, 0) is 17.9 Å². The van der Waals surface area contributed by atoms with E-state index in [0.29, 0.717) is 13.1 Å². The molecule has 0 aromatic heterocycles. The Morgan fingerprint density at radius 2 is 2.11 bits per heavy atom. The Labute approximate surface area is 113 Å². The van der Waals surface area contributed by atoms with E-state index in [4.69, 9.17) is 5.73 Å². The summed E-state index contributed by atoms with van der Waals surface area (Å²) in [4.78, 5) is 12.0. The van der Waals surface area contributed by atoms with Crippen LogP contribution >= 0.6 is 11.8 Å². The summed E-state index contributed by atoms with van der Waals surface area (Å²) >= 11 is 1.78. The molecule has 4 heteroatoms. The van der Waals surface area contributed by atoms with Crippen molar-refractivity contribution < 1.29 is 4.79 Å². The summed E-state index contributed by atoms with van der Waals surface area (Å²) in [6, 6.07) is 7.99. The van der Waals surface area contributed by atoms with Crippen LogP contribution in [0.2, 0.25) is 0 Å². The Kier molecular flexibility index (Phi) is 5.08. The summed E-state index contributed by atoms with van der Waals surface area (Å²) in [5, 5.41) is 3.17. The lowest BCUT2D eigenvalue weighted by Crippen LogP contribution is -2.34. The van der Waals surface area contributed by atoms with Crippen LogP contribution in [0.25, 0.3) is 0 Å². The average Bonchev–Trinajstić information content (AvgIpc) is 2.46. The Bertz CT molecular complexity index is 403. The zero-order valence-corrected chi connectivity index (χ0v) is 11.3. The molecule has 0 bridgehead atoms. The van der Waals surface area contributed by atoms with Crippen LogP contribution < -0.4 is 11.1 Å². The maximum Gasteiger partial charge on any atom is 0.233 e. The van der Waals surface area contributed by atoms with E-state index in [1.54, 1.807) is 11.8 Å². The Hall–Kier alpha value is -1.000. The van der Waals surface area contributed by atoms with Gasteiger partial charge in [-0.1, -0.05) is 30.7 Å². The van der Waals surface area contributed by atoms with Crippen LogP contribution in [-0.4, -0.2) is 16.9 Å². The van der Waals surface area contributed by atoms with E-state index < -0.39 is 0 Å². The molecule has 1 unspecified atom stereocenters. The second-order valence-electron chi connectivity index (χ2n) is 4.55. The van der Waals surface area contributed by atoms with Gasteiger partial charge in [-0.2, -0.15) is 0 Å². The molecule has 0 saturated carbocycles. The summed E-state index contributed by atoms with van der Waals surface area (Å²) in [5.41, 5.74) is 7.91. The summed E-state index contributed by atoms with van der Waals surface area (Å²) in [6.45, 7) is 1.10. The lowest BCUT2D eigenvalue weighted by atomic mass is 10.1. The van der Waals surface area contributed by atoms with Gasteiger partial charge in [-0.05, 0) is 29.7 Å². The Morgan fingerprint density at radius 3 is 2.78 bits per heavy atom. The molecule has 1 fully saturated rings. The predicted molar refractivity (Wildman–Crippen MR) is 76.3 cm³/mol. The first-order chi connectivity index (χ1) is 8.81. The fourth-order valence-electron chi connectivity index (χ4n) is 2.17. The van der Waals surface area contributed by atoms with E-state index in [-0.39, 0.29) is 11.2 Å². The molecular weight excluding hydrogens is 244 g/mol. The number of benzene rings is 1. The number of carbonyl (C=O) groups excluding carboxylic acids is 1. The van der Waals surface area contributed by atoms with Gasteiger partial charge in [0.25, 0.3) is 0 Å². The molecule has 1 atom stereocenters. The van der Waals surface area contributed by atoms with Gasteiger partial charge in [0.05, 0.1) is 5.25 Å². The minimum Gasteiger partial charge on any atom is -0.351 e. The molecule has 1 aromatic rings. The lowest BCUT2D eigenvalue weighted by molar-refractivity contribution is -0.120. The molecule has 1 heterocycles. The van der Waals surface area contributed by atoms with Crippen molar-refractivity contribution in [3.8, 4) is 0 Å². The first-order valence-electron chi connectivity index (χ1n) is 6.47. The van der Waals surface area contributed by atoms with Crippen molar-refractivity contribution in [1.82, 2.24) is 5.32 Å². The Morgan fingerprint density at radius 1 is 1.33 bits per heavy atom. The van der Waals surface area contributed by atoms with Gasteiger partial charge in [0.15, 0.2) is 0 Å². The van der Waals surface area contributed by atoms with E-state index in [0.717, 1.165) is 23.3 Å². The molecule has 1 aliphatic heterocycles. The SMILES string of the molecule is NCc1ccccc1CNC(=O)C1CCCCS1. The van der Waals surface area contributed by atoms with Gasteiger partial charge < -0.3 is 11.1 Å². The van der Waals surface area contributed by atoms with Crippen molar-refractivity contribution in [1.29, 1.82) is 0 Å². The maximum atomic E-state index is 12.0. The van der Waals surface area contributed by atoms with Gasteiger partial charge in [-0.3, -0.25) is 4.79 Å². The van der Waals surface area contributed by atoms with E-state index in [9.17, 15) is 4.79 Å². The van der Waals surface area contributed by atoms with Gasteiger partial charge in [-0.25, -0.2) is 0 Å². The minimum atomic E-state index is 0.142. The molecule has 0 spiro atoms. The van der Waals surface area contributed by atoms with Gasteiger partial charge in [0.1, 0.15) is 0 Å². The van der Waals surface area contributed by atoms with Gasteiger partial charge >= 0.3 is 0 Å². The van der Waals surface area contributed by atoms with Crippen molar-refractivity contribution in [2.45, 2.75) is 37.6 Å². The molecule has 1 saturated heterocycles. The predicted octanol–water partition coefficient (Wildman–Crippen LogP) is 2.05. The molecule has 1 aromatic carbocycles. The highest BCUT2D eigenvalue weighted by molar-refractivity contribution is 8.00. The monoisotopic (exact) mass is 264 g/mol. The van der Waals surface area contributed by atoms with E-state index >= 15 is 0 Å². The van der Waals surface area contributed by atoms with E-state index in [1.165, 1.54) is 12.8 Å². The van der Waals surface area contributed by atoms with Crippen molar-refractivity contribution in [2.75, 3.05) is 5.75 Å². The molecule has 3 nitrogen and oxygen atoms in total. The summed E-state index contributed by atoms with van der Waals surface area (Å²) < 4.78 is 0. The third kappa shape index (κ3) is 3.50. The van der Waals surface area contributed by atoms with Gasteiger partial charge in [-0.15, -0.1) is 11.8 Å². The van der Waals surface area contributed by atoms with E-state index in [1.807, 2.05) is 24.3 Å². The smallest absolute Gasteiger partial charge is 0.233 e. The summed E-state index contributed by atoms with van der Waals surface area (Å²) in [6.07, 6.45) is 3.42. The number of hydrogen-bond acceptors (Lipinski definition) is 3. The minimum absolute atomic E-state index is 0.142. The highest BCUT2D eigenvalue weighted by Crippen LogP contribution is 2.25. The zero-order chi connectivity index (χ0) is 12.8. The molecule has 0 radical (unpaired) electrons. The summed E-state index contributed by atoms with van der Waals surface area (Å²) in [5.74, 6) is 1.28. The number of nitrogens with one attached hydrogen (secondary N) is 1.